The molecule has 0 spiro atoms. The van der Waals surface area contributed by atoms with Crippen LogP contribution in [0.2, 0.25) is 0 Å². The van der Waals surface area contributed by atoms with Gasteiger partial charge in [0, 0.05) is 78.0 Å². The Hall–Kier alpha value is -8.92. The van der Waals surface area contributed by atoms with Crippen LogP contribution >= 0.6 is 0 Å². The van der Waals surface area contributed by atoms with Crippen molar-refractivity contribution < 1.29 is 82.4 Å². The molecule has 29 heteroatoms. The van der Waals surface area contributed by atoms with Crippen LogP contribution in [0.3, 0.4) is 0 Å². The summed E-state index contributed by atoms with van der Waals surface area (Å²) in [5, 5.41) is 45.7. The van der Waals surface area contributed by atoms with E-state index in [1.54, 1.807) is 24.5 Å². The Morgan fingerprint density at radius 1 is 0.469 bits per heavy atom. The van der Waals surface area contributed by atoms with E-state index in [1.165, 1.54) is 11.8 Å². The molecule has 6 aliphatic heterocycles. The van der Waals surface area contributed by atoms with E-state index in [0.717, 1.165) is 16.3 Å². The van der Waals surface area contributed by atoms with Gasteiger partial charge in [0.1, 0.15) is 54.4 Å². The third kappa shape index (κ3) is 17.8. The summed E-state index contributed by atoms with van der Waals surface area (Å²) in [6.07, 6.45) is 7.83. The number of urea groups is 1. The second-order valence-corrected chi connectivity index (χ2v) is 26.6. The zero-order valence-electron chi connectivity index (χ0n) is 54.6. The molecular weight excluding hydrogens is 1240 g/mol. The van der Waals surface area contributed by atoms with Crippen molar-refractivity contribution in [2.75, 3.05) is 58.9 Å². The summed E-state index contributed by atoms with van der Waals surface area (Å²) in [6.45, 7) is 3.59. The molecule has 6 saturated heterocycles. The maximum absolute atomic E-state index is 14.6. The van der Waals surface area contributed by atoms with E-state index >= 15 is 0 Å². The highest BCUT2D eigenvalue weighted by Crippen LogP contribution is 2.34. The number of hydrogen-bond acceptors (Lipinski definition) is 14. The number of carboxylic acids is 3. The van der Waals surface area contributed by atoms with Crippen molar-refractivity contribution in [1.29, 1.82) is 0 Å². The number of nitrogens with one attached hydrogen (secondary N) is 6. The molecule has 0 radical (unpaired) electrons. The fraction of sp³-hybridized carbons (Fsp3) is 0.642. The Kier molecular flexibility index (Phi) is 24.7. The van der Waals surface area contributed by atoms with E-state index in [4.69, 9.17) is 5.11 Å². The number of carboxylic acid groups (broad SMARTS) is 3. The molecule has 522 valence electrons. The van der Waals surface area contributed by atoms with Crippen LogP contribution in [-0.2, 0) is 68.7 Å². The van der Waals surface area contributed by atoms with Crippen molar-refractivity contribution in [1.82, 2.24) is 61.3 Å². The molecule has 9 atom stereocenters. The molecule has 0 bridgehead atoms. The zero-order valence-corrected chi connectivity index (χ0v) is 54.6. The zero-order chi connectivity index (χ0) is 68.7. The standard InChI is InChI=1S/C67H92N12O17/c1-40(80)74-30-7-16-50(74)60(87)76-32-9-18-52(76)62(89)78-34-11-20-54(78)64(91)79-35-10-19-53(79)63(90)77-33-8-17-51(77)61(88)75-31-6-15-49(75)59(86)70-39-55(81)69-38-41-21-25-44(26-22-41)57(84)71-48(37-42-23-24-43-12-2-3-13-45(43)36-42)58(85)68-29-5-4-14-46(65(92)93)72-67(96)73-47(66(94)95)27-28-56(82)83/h2-3,12-13,23-24,36,41,44,46-54H,4-11,14-22,25-35,37-39H2,1H3,(H,68,85)(H,69,81)(H,70,86)(H,71,84)(H,82,83)(H,92,93)(H,94,95)(H2,72,73,96)/t41?,44?,46-,47-,48-,49-,50-,51-,52-,53-,54-/m0/s1. The van der Waals surface area contributed by atoms with Gasteiger partial charge in [-0.3, -0.25) is 52.7 Å². The number of likely N-dealkylation sites (tertiary alicyclic amines) is 6. The van der Waals surface area contributed by atoms with Crippen molar-refractivity contribution in [2.24, 2.45) is 11.8 Å². The van der Waals surface area contributed by atoms with Gasteiger partial charge < -0.3 is 76.6 Å². The lowest BCUT2D eigenvalue weighted by molar-refractivity contribution is -0.154. The number of benzene rings is 2. The average molecular weight is 1340 g/mol. The maximum Gasteiger partial charge on any atom is 0.326 e. The minimum absolute atomic E-state index is 0.0208. The molecule has 9 rings (SSSR count). The molecule has 9 N–H and O–H groups in total. The summed E-state index contributed by atoms with van der Waals surface area (Å²) >= 11 is 0. The molecule has 29 nitrogen and oxygen atoms in total. The first-order valence-corrected chi connectivity index (χ1v) is 34.2. The lowest BCUT2D eigenvalue weighted by atomic mass is 9.81. The van der Waals surface area contributed by atoms with Gasteiger partial charge in [-0.1, -0.05) is 42.5 Å². The molecule has 1 aliphatic carbocycles. The molecule has 2 aromatic rings. The molecule has 6 heterocycles. The van der Waals surface area contributed by atoms with E-state index in [-0.39, 0.29) is 99.1 Å². The van der Waals surface area contributed by atoms with E-state index in [0.29, 0.717) is 135 Å². The van der Waals surface area contributed by atoms with Crippen LogP contribution < -0.4 is 31.9 Å². The van der Waals surface area contributed by atoms with Crippen LogP contribution in [0, 0.1) is 11.8 Å². The highest BCUT2D eigenvalue weighted by molar-refractivity contribution is 5.99. The summed E-state index contributed by atoms with van der Waals surface area (Å²) in [4.78, 5) is 195. The van der Waals surface area contributed by atoms with Gasteiger partial charge >= 0.3 is 23.9 Å². The van der Waals surface area contributed by atoms with Crippen LogP contribution in [0.1, 0.15) is 147 Å². The van der Waals surface area contributed by atoms with E-state index in [1.807, 2.05) is 42.5 Å². The van der Waals surface area contributed by atoms with Gasteiger partial charge in [-0.2, -0.15) is 0 Å². The van der Waals surface area contributed by atoms with Gasteiger partial charge in [0.05, 0.1) is 6.54 Å². The average Bonchev–Trinajstić information content (AvgIpc) is 1.73. The highest BCUT2D eigenvalue weighted by Gasteiger charge is 2.50. The molecule has 2 aromatic carbocycles. The number of aliphatic carboxylic acids is 3. The summed E-state index contributed by atoms with van der Waals surface area (Å²) < 4.78 is 0. The topological polar surface area (TPSA) is 391 Å². The van der Waals surface area contributed by atoms with Gasteiger partial charge in [-0.15, -0.1) is 0 Å². The SMILES string of the molecule is CC(=O)N1CCC[C@H]1C(=O)N1CCC[C@H]1C(=O)N1CCC[C@H]1C(=O)N1CCC[C@H]1C(=O)N1CCC[C@H]1C(=O)N1CCC[C@H]1C(=O)NCC(=O)NCC1CCC(C(=O)N[C@@H](Cc2ccc3ccccc3c2)C(=O)NCCCC[C@H](NC(=O)N[C@@H](CCC(=O)O)C(=O)O)C(=O)O)CC1. The van der Waals surface area contributed by atoms with Crippen molar-refractivity contribution in [3.05, 3.63) is 48.0 Å². The van der Waals surface area contributed by atoms with Crippen molar-refractivity contribution >= 4 is 93.8 Å². The van der Waals surface area contributed by atoms with Gasteiger partial charge in [-0.25, -0.2) is 14.4 Å². The lowest BCUT2D eigenvalue weighted by Gasteiger charge is -2.36. The van der Waals surface area contributed by atoms with Gasteiger partial charge in [-0.05, 0) is 151 Å². The Labute approximate surface area is 556 Å². The summed E-state index contributed by atoms with van der Waals surface area (Å²) in [5.74, 6) is -8.01. The van der Waals surface area contributed by atoms with Crippen LogP contribution in [0.5, 0.6) is 0 Å². The highest BCUT2D eigenvalue weighted by atomic mass is 16.4. The lowest BCUT2D eigenvalue weighted by Crippen LogP contribution is -2.58. The molecule has 12 amide bonds. The Morgan fingerprint density at radius 3 is 1.42 bits per heavy atom. The quantitative estimate of drug-likeness (QED) is 0.0568. The van der Waals surface area contributed by atoms with Crippen molar-refractivity contribution in [3.8, 4) is 0 Å². The molecule has 0 unspecified atom stereocenters. The summed E-state index contributed by atoms with van der Waals surface area (Å²) in [7, 11) is 0. The number of rotatable bonds is 27. The second-order valence-electron chi connectivity index (χ2n) is 26.6. The van der Waals surface area contributed by atoms with Gasteiger partial charge in [0.2, 0.25) is 59.1 Å². The molecule has 96 heavy (non-hydrogen) atoms. The Bertz CT molecular complexity index is 3270. The van der Waals surface area contributed by atoms with Gasteiger partial charge in [0.15, 0.2) is 0 Å². The van der Waals surface area contributed by atoms with E-state index in [2.05, 4.69) is 31.9 Å². The Morgan fingerprint density at radius 2 is 0.927 bits per heavy atom. The predicted octanol–water partition coefficient (Wildman–Crippen LogP) is 1.23. The van der Waals surface area contributed by atoms with Crippen LogP contribution in [0.25, 0.3) is 10.8 Å². The largest absolute Gasteiger partial charge is 0.481 e. The molecule has 7 aliphatic rings. The van der Waals surface area contributed by atoms with Crippen molar-refractivity contribution in [2.45, 2.75) is 203 Å². The van der Waals surface area contributed by atoms with Gasteiger partial charge in [0.25, 0.3) is 0 Å². The number of fused-ring (bicyclic) bond motifs is 1. The summed E-state index contributed by atoms with van der Waals surface area (Å²) in [6, 6.07) is 3.70. The van der Waals surface area contributed by atoms with Crippen LogP contribution in [0.15, 0.2) is 42.5 Å². The van der Waals surface area contributed by atoms with Crippen molar-refractivity contribution in [3.63, 3.8) is 0 Å². The molecule has 1 saturated carbocycles. The molecular formula is C67H92N12O17. The number of amides is 12. The minimum atomic E-state index is -1.56. The van der Waals surface area contributed by atoms with E-state index < -0.39 is 115 Å². The normalized spacial score (nSPS) is 24.2. The predicted molar refractivity (Wildman–Crippen MR) is 343 cm³/mol. The first-order valence-electron chi connectivity index (χ1n) is 34.2. The monoisotopic (exact) mass is 1340 g/mol. The summed E-state index contributed by atoms with van der Waals surface area (Å²) in [5.41, 5.74) is 0.798. The number of carbonyl (C=O) groups is 14. The third-order valence-corrected chi connectivity index (χ3v) is 20.3. The molecule has 0 aromatic heterocycles. The number of hydrogen-bond donors (Lipinski definition) is 9. The third-order valence-electron chi connectivity index (χ3n) is 20.3. The first-order chi connectivity index (χ1) is 46.1. The maximum atomic E-state index is 14.6. The Balaban J connectivity index is 0.707. The smallest absolute Gasteiger partial charge is 0.326 e. The number of nitrogens with zero attached hydrogens (tertiary/aromatic N) is 6. The fourth-order valence-corrected chi connectivity index (χ4v) is 15.1. The minimum Gasteiger partial charge on any atom is -0.481 e. The number of unbranched alkanes of at least 4 members (excludes halogenated alkanes) is 1. The molecule has 7 fully saturated rings. The number of carbonyl (C=O) groups excluding carboxylic acids is 11. The first kappa shape index (κ1) is 71.4. The fourth-order valence-electron chi connectivity index (χ4n) is 15.1. The van der Waals surface area contributed by atoms with E-state index in [9.17, 15) is 77.3 Å². The van der Waals surface area contributed by atoms with Crippen LogP contribution in [0.4, 0.5) is 4.79 Å². The second kappa shape index (κ2) is 33.2. The van der Waals surface area contributed by atoms with Crippen LogP contribution in [-0.4, -0.2) is 241 Å².